The summed E-state index contributed by atoms with van der Waals surface area (Å²) in [5.41, 5.74) is 0.130. The van der Waals surface area contributed by atoms with Crippen molar-refractivity contribution < 1.29 is 119 Å². The van der Waals surface area contributed by atoms with Gasteiger partial charge in [-0.05, 0) is 48.9 Å². The van der Waals surface area contributed by atoms with Crippen molar-refractivity contribution in [2.45, 2.75) is 105 Å². The number of fused-ring (bicyclic) bond motifs is 1. The van der Waals surface area contributed by atoms with E-state index in [1.54, 1.807) is 0 Å². The summed E-state index contributed by atoms with van der Waals surface area (Å²) in [5.74, 6) is -5.65. The number of benzene rings is 3. The molecule has 15 N–H and O–H groups in total. The highest BCUT2D eigenvalue weighted by Crippen LogP contribution is 2.48. The predicted molar refractivity (Wildman–Crippen MR) is 214 cm³/mol. The van der Waals surface area contributed by atoms with Gasteiger partial charge in [0.15, 0.2) is 47.2 Å². The first kappa shape index (κ1) is 48.2. The SMILES string of the molecule is C[C@@H]1O[C@@H](OC[C@H]2O[C@@H](OC3=Cc4c(cc(O)cc4O[C@@H]4O[C@@H](CO)[C@@H](O)[C@H](O)[C@H]4O)OC3c3cc(O)c(O)c(O)c3)[C@H](O)[C@@H](O)[C@@H]2O)[C@@H](O)[C@@H](O)[C@H]1OC(=O)/C=C/c1ccc(O)c(O)c1. The molecule has 4 heterocycles. The third-order valence-electron chi connectivity index (χ3n) is 11.2. The van der Waals surface area contributed by atoms with Crippen LogP contribution in [0, 0.1) is 0 Å². The number of hydrogen-bond acceptors (Lipinski definition) is 24. The molecule has 3 saturated heterocycles. The van der Waals surface area contributed by atoms with E-state index in [1.807, 2.05) is 0 Å². The number of esters is 1. The maximum atomic E-state index is 12.6. The van der Waals surface area contributed by atoms with Crippen LogP contribution >= 0.6 is 0 Å². The summed E-state index contributed by atoms with van der Waals surface area (Å²) in [5, 5.41) is 156. The molecule has 3 aromatic carbocycles. The molecule has 0 aliphatic carbocycles. The average molecular weight is 937 g/mol. The van der Waals surface area contributed by atoms with E-state index in [9.17, 15) is 81.4 Å². The van der Waals surface area contributed by atoms with Crippen LogP contribution in [0.3, 0.4) is 0 Å². The summed E-state index contributed by atoms with van der Waals surface area (Å²) in [6, 6.07) is 7.86. The molecule has 3 aromatic rings. The van der Waals surface area contributed by atoms with Crippen LogP contribution in [0.5, 0.6) is 46.0 Å². The number of carbonyl (C=O) groups is 1. The fraction of sp³-hybridized carbons (Fsp3) is 0.452. The first-order valence-corrected chi connectivity index (χ1v) is 20.1. The Morgan fingerprint density at radius 2 is 1.29 bits per heavy atom. The van der Waals surface area contributed by atoms with E-state index in [0.29, 0.717) is 5.56 Å². The van der Waals surface area contributed by atoms with Gasteiger partial charge in [0.2, 0.25) is 12.6 Å². The van der Waals surface area contributed by atoms with E-state index in [-0.39, 0.29) is 34.1 Å². The Labute approximate surface area is 372 Å². The molecule has 0 radical (unpaired) electrons. The Bertz CT molecular complexity index is 2260. The zero-order valence-electron chi connectivity index (χ0n) is 34.3. The van der Waals surface area contributed by atoms with Crippen molar-refractivity contribution in [2.75, 3.05) is 13.2 Å². The van der Waals surface area contributed by atoms with Gasteiger partial charge >= 0.3 is 5.97 Å². The lowest BCUT2D eigenvalue weighted by atomic mass is 9.98. The van der Waals surface area contributed by atoms with Crippen molar-refractivity contribution in [3.63, 3.8) is 0 Å². The van der Waals surface area contributed by atoms with E-state index >= 15 is 0 Å². The average Bonchev–Trinajstić information content (AvgIpc) is 3.28. The zero-order chi connectivity index (χ0) is 47.9. The van der Waals surface area contributed by atoms with E-state index in [4.69, 9.17) is 37.9 Å². The molecule has 0 saturated carbocycles. The van der Waals surface area contributed by atoms with Crippen molar-refractivity contribution in [3.05, 3.63) is 71.0 Å². The van der Waals surface area contributed by atoms with Crippen molar-refractivity contribution in [3.8, 4) is 46.0 Å². The van der Waals surface area contributed by atoms with Crippen molar-refractivity contribution in [1.29, 1.82) is 0 Å². The molecule has 0 bridgehead atoms. The summed E-state index contributed by atoms with van der Waals surface area (Å²) < 4.78 is 45.9. The molecule has 0 amide bonds. The second-order valence-corrected chi connectivity index (χ2v) is 15.8. The van der Waals surface area contributed by atoms with Crippen LogP contribution < -0.4 is 9.47 Å². The summed E-state index contributed by atoms with van der Waals surface area (Å²) in [4.78, 5) is 12.6. The van der Waals surface area contributed by atoms with Crippen LogP contribution in [0.4, 0.5) is 0 Å². The zero-order valence-corrected chi connectivity index (χ0v) is 34.3. The van der Waals surface area contributed by atoms with E-state index in [0.717, 1.165) is 30.3 Å². The van der Waals surface area contributed by atoms with Crippen LogP contribution in [0.1, 0.15) is 29.7 Å². The highest BCUT2D eigenvalue weighted by atomic mass is 16.7. The molecule has 16 atom stereocenters. The number of aromatic hydroxyl groups is 6. The van der Waals surface area contributed by atoms with Crippen LogP contribution in [0.25, 0.3) is 12.2 Å². The van der Waals surface area contributed by atoms with Gasteiger partial charge in [0, 0.05) is 23.8 Å². The third-order valence-corrected chi connectivity index (χ3v) is 11.2. The minimum atomic E-state index is -2.03. The number of ether oxygens (including phenoxy) is 8. The molecule has 66 heavy (non-hydrogen) atoms. The number of phenolic OH excluding ortho intramolecular Hbond substituents is 6. The molecule has 24 nitrogen and oxygen atoms in total. The van der Waals surface area contributed by atoms with Gasteiger partial charge < -0.3 is 114 Å². The maximum Gasteiger partial charge on any atom is 0.331 e. The summed E-state index contributed by atoms with van der Waals surface area (Å²) in [6.07, 6.45) is -24.1. The number of aliphatic hydroxyl groups is 9. The van der Waals surface area contributed by atoms with Crippen LogP contribution in [-0.4, -0.2) is 188 Å². The number of hydrogen-bond donors (Lipinski definition) is 15. The fourth-order valence-corrected chi connectivity index (χ4v) is 7.49. The van der Waals surface area contributed by atoms with Crippen molar-refractivity contribution >= 4 is 18.1 Å². The number of phenols is 6. The summed E-state index contributed by atoms with van der Waals surface area (Å²) >= 11 is 0. The molecule has 360 valence electrons. The summed E-state index contributed by atoms with van der Waals surface area (Å²) in [7, 11) is 0. The van der Waals surface area contributed by atoms with E-state index < -0.39 is 146 Å². The quantitative estimate of drug-likeness (QED) is 0.0507. The minimum absolute atomic E-state index is 0.0808. The monoisotopic (exact) mass is 936 g/mol. The lowest BCUT2D eigenvalue weighted by Gasteiger charge is -2.43. The molecule has 0 spiro atoms. The smallest absolute Gasteiger partial charge is 0.331 e. The van der Waals surface area contributed by atoms with E-state index in [1.165, 1.54) is 37.3 Å². The van der Waals surface area contributed by atoms with Crippen molar-refractivity contribution in [1.82, 2.24) is 0 Å². The Balaban J connectivity index is 1.09. The molecular formula is C42H48O24. The Morgan fingerprint density at radius 1 is 0.667 bits per heavy atom. The van der Waals surface area contributed by atoms with E-state index in [2.05, 4.69) is 0 Å². The van der Waals surface area contributed by atoms with Crippen molar-refractivity contribution in [2.24, 2.45) is 0 Å². The largest absolute Gasteiger partial charge is 0.508 e. The van der Waals surface area contributed by atoms with Gasteiger partial charge in [-0.3, -0.25) is 0 Å². The molecular weight excluding hydrogens is 888 g/mol. The Kier molecular flexibility index (Phi) is 14.3. The van der Waals surface area contributed by atoms with Gasteiger partial charge in [-0.1, -0.05) is 6.07 Å². The van der Waals surface area contributed by atoms with Gasteiger partial charge in [-0.25, -0.2) is 4.79 Å². The molecule has 7 rings (SSSR count). The number of carbonyl (C=O) groups excluding carboxylic acids is 1. The highest BCUT2D eigenvalue weighted by Gasteiger charge is 2.50. The first-order chi connectivity index (χ1) is 31.3. The molecule has 24 heteroatoms. The normalized spacial score (nSPS) is 34.5. The molecule has 0 aromatic heterocycles. The van der Waals surface area contributed by atoms with Crippen LogP contribution in [0.15, 0.2) is 54.3 Å². The number of aliphatic hydroxyl groups excluding tert-OH is 9. The predicted octanol–water partition coefficient (Wildman–Crippen LogP) is -2.49. The molecule has 3 fully saturated rings. The maximum absolute atomic E-state index is 12.6. The lowest BCUT2D eigenvalue weighted by Crippen LogP contribution is -2.61. The van der Waals surface area contributed by atoms with Crippen LogP contribution in [0.2, 0.25) is 0 Å². The Morgan fingerprint density at radius 3 is 1.94 bits per heavy atom. The van der Waals surface area contributed by atoms with Gasteiger partial charge in [-0.2, -0.15) is 0 Å². The topological polar surface area (TPSA) is 394 Å². The van der Waals surface area contributed by atoms with Gasteiger partial charge in [-0.15, -0.1) is 0 Å². The Hall–Kier alpha value is -5.71. The van der Waals surface area contributed by atoms with Gasteiger partial charge in [0.25, 0.3) is 0 Å². The second-order valence-electron chi connectivity index (χ2n) is 15.8. The fourth-order valence-electron chi connectivity index (χ4n) is 7.49. The van der Waals surface area contributed by atoms with Gasteiger partial charge in [0.05, 0.1) is 24.9 Å². The molecule has 4 aliphatic heterocycles. The number of rotatable bonds is 12. The minimum Gasteiger partial charge on any atom is -0.508 e. The first-order valence-electron chi connectivity index (χ1n) is 20.1. The van der Waals surface area contributed by atoms with Crippen LogP contribution in [-0.2, 0) is 33.2 Å². The third kappa shape index (κ3) is 9.86. The summed E-state index contributed by atoms with van der Waals surface area (Å²) in [6.45, 7) is -0.112. The lowest BCUT2D eigenvalue weighted by molar-refractivity contribution is -0.325. The standard InChI is InChI=1S/C42H48O24/c1-14-38(66-28(49)5-3-15-2-4-19(45)20(46)6-15)34(55)37(58)40(60-14)59-13-27-31(52)33(54)36(57)42(65-27)63-25-11-18-23(61-39(25)16-7-21(47)29(50)22(48)8-16)9-17(44)10-24(18)62-41-35(56)32(53)30(51)26(12-43)64-41/h2-11,14,26-27,30-48,50-58H,12-13H2,1H3/b5-3+/t14-,26-,27+,30+,31+,32-,33-,34+,35+,36+,37-,38-,39?,40+,41+,42+/m0/s1. The molecule has 1 unspecified atom stereocenters. The molecule has 4 aliphatic rings. The second kappa shape index (κ2) is 19.6. The van der Waals surface area contributed by atoms with Gasteiger partial charge in [0.1, 0.15) is 84.0 Å². The highest BCUT2D eigenvalue weighted by molar-refractivity contribution is 5.87.